The predicted molar refractivity (Wildman–Crippen MR) is 49.5 cm³/mol. The second kappa shape index (κ2) is 3.93. The average Bonchev–Trinajstić information content (AvgIpc) is 2.70. The molecule has 1 aliphatic rings. The van der Waals surface area contributed by atoms with Gasteiger partial charge in [-0.25, -0.2) is 0 Å². The van der Waals surface area contributed by atoms with Gasteiger partial charge < -0.3 is 5.11 Å². The Morgan fingerprint density at radius 3 is 2.67 bits per heavy atom. The third-order valence-electron chi connectivity index (χ3n) is 2.31. The molecule has 0 aliphatic heterocycles. The van der Waals surface area contributed by atoms with Gasteiger partial charge in [0.25, 0.3) is 0 Å². The first-order chi connectivity index (χ1) is 5.72. The van der Waals surface area contributed by atoms with Gasteiger partial charge in [0, 0.05) is 5.54 Å². The largest absolute Gasteiger partial charge is 0.367 e. The molecular formula is C10H17NO. The van der Waals surface area contributed by atoms with Crippen molar-refractivity contribution >= 4 is 0 Å². The Morgan fingerprint density at radius 1 is 1.58 bits per heavy atom. The van der Waals surface area contributed by atoms with Crippen LogP contribution in [-0.4, -0.2) is 16.9 Å². The molecule has 1 saturated carbocycles. The summed E-state index contributed by atoms with van der Waals surface area (Å²) in [6.45, 7) is 3.91. The molecule has 1 fully saturated rings. The monoisotopic (exact) mass is 167 g/mol. The maximum Gasteiger partial charge on any atom is 0.168 e. The van der Waals surface area contributed by atoms with Crippen LogP contribution in [0.15, 0.2) is 0 Å². The van der Waals surface area contributed by atoms with Crippen LogP contribution in [0, 0.1) is 11.8 Å². The van der Waals surface area contributed by atoms with Crippen molar-refractivity contribution in [2.75, 3.05) is 0 Å². The van der Waals surface area contributed by atoms with Gasteiger partial charge in [0.05, 0.1) is 0 Å². The summed E-state index contributed by atoms with van der Waals surface area (Å²) in [4.78, 5) is 0. The van der Waals surface area contributed by atoms with Gasteiger partial charge in [-0.1, -0.05) is 19.3 Å². The zero-order chi connectivity index (χ0) is 9.03. The molecule has 2 heteroatoms. The maximum atomic E-state index is 9.37. The van der Waals surface area contributed by atoms with Crippen molar-refractivity contribution in [3.63, 3.8) is 0 Å². The minimum atomic E-state index is -0.635. The van der Waals surface area contributed by atoms with Gasteiger partial charge in [-0.15, -0.1) is 5.92 Å². The second-order valence-electron chi connectivity index (χ2n) is 3.47. The van der Waals surface area contributed by atoms with E-state index in [1.807, 2.05) is 0 Å². The van der Waals surface area contributed by atoms with Gasteiger partial charge in [0.15, 0.2) is 6.23 Å². The van der Waals surface area contributed by atoms with Crippen LogP contribution in [0.3, 0.4) is 0 Å². The van der Waals surface area contributed by atoms with Gasteiger partial charge in [0.1, 0.15) is 0 Å². The van der Waals surface area contributed by atoms with Gasteiger partial charge in [0.2, 0.25) is 0 Å². The zero-order valence-corrected chi connectivity index (χ0v) is 7.85. The smallest absolute Gasteiger partial charge is 0.168 e. The van der Waals surface area contributed by atoms with Crippen molar-refractivity contribution in [3.8, 4) is 11.8 Å². The molecule has 2 nitrogen and oxygen atoms in total. The van der Waals surface area contributed by atoms with Crippen LogP contribution in [0.25, 0.3) is 0 Å². The highest BCUT2D eigenvalue weighted by molar-refractivity contribution is 5.08. The maximum absolute atomic E-state index is 9.37. The van der Waals surface area contributed by atoms with Crippen LogP contribution < -0.4 is 5.32 Å². The van der Waals surface area contributed by atoms with E-state index in [0.29, 0.717) is 0 Å². The van der Waals surface area contributed by atoms with E-state index in [9.17, 15) is 5.11 Å². The lowest BCUT2D eigenvalue weighted by atomic mass is 10.1. The van der Waals surface area contributed by atoms with Crippen molar-refractivity contribution in [1.82, 2.24) is 5.32 Å². The van der Waals surface area contributed by atoms with Crippen molar-refractivity contribution in [3.05, 3.63) is 0 Å². The van der Waals surface area contributed by atoms with E-state index in [-0.39, 0.29) is 5.54 Å². The van der Waals surface area contributed by atoms with Gasteiger partial charge >= 0.3 is 0 Å². The molecule has 0 saturated heterocycles. The van der Waals surface area contributed by atoms with E-state index in [1.165, 1.54) is 19.3 Å². The van der Waals surface area contributed by atoms with Crippen molar-refractivity contribution in [1.29, 1.82) is 0 Å². The van der Waals surface area contributed by atoms with Crippen LogP contribution in [0.5, 0.6) is 0 Å². The van der Waals surface area contributed by atoms with Crippen LogP contribution >= 0.6 is 0 Å². The summed E-state index contributed by atoms with van der Waals surface area (Å²) >= 11 is 0. The number of rotatable bonds is 4. The molecule has 1 unspecified atom stereocenters. The fraction of sp³-hybridized carbons (Fsp3) is 0.800. The van der Waals surface area contributed by atoms with E-state index in [1.54, 1.807) is 6.92 Å². The molecule has 0 spiro atoms. The number of hydrogen-bond acceptors (Lipinski definition) is 2. The topological polar surface area (TPSA) is 32.3 Å². The Balaban J connectivity index is 2.32. The SMILES string of the molecule is CC#CC(O)NC1(CCC)CC1. The highest BCUT2D eigenvalue weighted by Gasteiger charge is 2.42. The lowest BCUT2D eigenvalue weighted by Gasteiger charge is -2.17. The van der Waals surface area contributed by atoms with Gasteiger partial charge in [-0.3, -0.25) is 5.32 Å². The van der Waals surface area contributed by atoms with E-state index in [0.717, 1.165) is 6.42 Å². The molecular weight excluding hydrogens is 150 g/mol. The van der Waals surface area contributed by atoms with Crippen LogP contribution in [-0.2, 0) is 0 Å². The zero-order valence-electron chi connectivity index (χ0n) is 7.85. The highest BCUT2D eigenvalue weighted by atomic mass is 16.3. The number of aliphatic hydroxyl groups is 1. The van der Waals surface area contributed by atoms with Crippen molar-refractivity contribution in [2.45, 2.75) is 51.3 Å². The van der Waals surface area contributed by atoms with Crippen LogP contribution in [0.2, 0.25) is 0 Å². The molecule has 0 bridgehead atoms. The lowest BCUT2D eigenvalue weighted by Crippen LogP contribution is -2.39. The fourth-order valence-corrected chi connectivity index (χ4v) is 1.56. The summed E-state index contributed by atoms with van der Waals surface area (Å²) in [7, 11) is 0. The molecule has 68 valence electrons. The molecule has 12 heavy (non-hydrogen) atoms. The minimum Gasteiger partial charge on any atom is -0.367 e. The normalized spacial score (nSPS) is 20.9. The molecule has 1 aliphatic carbocycles. The molecule has 1 atom stereocenters. The third kappa shape index (κ3) is 2.51. The van der Waals surface area contributed by atoms with E-state index in [2.05, 4.69) is 24.1 Å². The Kier molecular flexibility index (Phi) is 3.13. The number of hydrogen-bond donors (Lipinski definition) is 2. The molecule has 2 N–H and O–H groups in total. The summed E-state index contributed by atoms with van der Waals surface area (Å²) in [5.74, 6) is 5.39. The Morgan fingerprint density at radius 2 is 2.25 bits per heavy atom. The quantitative estimate of drug-likeness (QED) is 0.488. The van der Waals surface area contributed by atoms with Crippen molar-refractivity contribution < 1.29 is 5.11 Å². The molecule has 0 radical (unpaired) electrons. The summed E-state index contributed by atoms with van der Waals surface area (Å²) in [5.41, 5.74) is 0.220. The first kappa shape index (κ1) is 9.57. The van der Waals surface area contributed by atoms with Gasteiger partial charge in [-0.05, 0) is 26.2 Å². The second-order valence-corrected chi connectivity index (χ2v) is 3.47. The highest BCUT2D eigenvalue weighted by Crippen LogP contribution is 2.39. The molecule has 0 amide bonds. The van der Waals surface area contributed by atoms with Gasteiger partial charge in [-0.2, -0.15) is 0 Å². The summed E-state index contributed by atoms with van der Waals surface area (Å²) in [6.07, 6.45) is 4.05. The molecule has 1 rings (SSSR count). The van der Waals surface area contributed by atoms with E-state index in [4.69, 9.17) is 0 Å². The first-order valence-corrected chi connectivity index (χ1v) is 4.60. The van der Waals surface area contributed by atoms with Crippen LogP contribution in [0.4, 0.5) is 0 Å². The molecule has 0 aromatic carbocycles. The van der Waals surface area contributed by atoms with E-state index < -0.39 is 6.23 Å². The molecule has 0 aromatic heterocycles. The lowest BCUT2D eigenvalue weighted by molar-refractivity contribution is 0.167. The predicted octanol–water partition coefficient (Wildman–Crippen LogP) is 1.25. The average molecular weight is 167 g/mol. The third-order valence-corrected chi connectivity index (χ3v) is 2.31. The Labute approximate surface area is 74.4 Å². The Bertz CT molecular complexity index is 198. The minimum absolute atomic E-state index is 0.220. The summed E-state index contributed by atoms with van der Waals surface area (Å²) < 4.78 is 0. The molecule has 0 heterocycles. The Hall–Kier alpha value is -0.520. The molecule has 0 aromatic rings. The first-order valence-electron chi connectivity index (χ1n) is 4.60. The summed E-state index contributed by atoms with van der Waals surface area (Å²) in [6, 6.07) is 0. The summed E-state index contributed by atoms with van der Waals surface area (Å²) in [5, 5.41) is 12.5. The fourth-order valence-electron chi connectivity index (χ4n) is 1.56. The van der Waals surface area contributed by atoms with Crippen LogP contribution in [0.1, 0.15) is 39.5 Å². The standard InChI is InChI=1S/C10H17NO/c1-3-5-9(12)11-10(6-4-2)7-8-10/h9,11-12H,4,6-8H2,1-2H3. The van der Waals surface area contributed by atoms with Crippen molar-refractivity contribution in [2.24, 2.45) is 0 Å². The van der Waals surface area contributed by atoms with E-state index >= 15 is 0 Å². The number of aliphatic hydroxyl groups excluding tert-OH is 1. The number of nitrogens with one attached hydrogen (secondary N) is 1.